The fourth-order valence-electron chi connectivity index (χ4n) is 1.30. The van der Waals surface area contributed by atoms with Crippen LogP contribution in [0.3, 0.4) is 0 Å². The molecule has 0 aliphatic rings. The molecule has 0 spiro atoms. The summed E-state index contributed by atoms with van der Waals surface area (Å²) in [6.07, 6.45) is 0. The van der Waals surface area contributed by atoms with Crippen molar-refractivity contribution in [3.63, 3.8) is 0 Å². The first kappa shape index (κ1) is 9.66. The Morgan fingerprint density at radius 3 is 2.69 bits per heavy atom. The third-order valence-electron chi connectivity index (χ3n) is 1.80. The first-order valence-electron chi connectivity index (χ1n) is 3.87. The van der Waals surface area contributed by atoms with Gasteiger partial charge in [-0.3, -0.25) is 0 Å². The SMILES string of the molecule is Cc1nc(C)n(CCO)c1[N+](=O)[O-]. The molecule has 0 saturated heterocycles. The molecule has 1 N–H and O–H groups in total. The Morgan fingerprint density at radius 1 is 1.62 bits per heavy atom. The van der Waals surface area contributed by atoms with Crippen LogP contribution in [0, 0.1) is 24.0 Å². The molecule has 0 fully saturated rings. The number of aryl methyl sites for hydroxylation is 2. The molecular formula is C7H11N3O3. The van der Waals surface area contributed by atoms with E-state index in [1.807, 2.05) is 0 Å². The zero-order valence-corrected chi connectivity index (χ0v) is 7.52. The highest BCUT2D eigenvalue weighted by atomic mass is 16.6. The number of hydrogen-bond donors (Lipinski definition) is 1. The molecule has 0 aliphatic carbocycles. The minimum Gasteiger partial charge on any atom is -0.392 e. The predicted molar refractivity (Wildman–Crippen MR) is 45.4 cm³/mol. The number of rotatable bonds is 3. The third-order valence-corrected chi connectivity index (χ3v) is 1.80. The Balaban J connectivity index is 3.20. The predicted octanol–water partition coefficient (Wildman–Crippen LogP) is 0.400. The molecule has 0 radical (unpaired) electrons. The highest BCUT2D eigenvalue weighted by Crippen LogP contribution is 2.18. The van der Waals surface area contributed by atoms with E-state index in [2.05, 4.69) is 4.98 Å². The molecule has 72 valence electrons. The van der Waals surface area contributed by atoms with E-state index >= 15 is 0 Å². The molecule has 6 nitrogen and oxygen atoms in total. The first-order valence-corrected chi connectivity index (χ1v) is 3.87. The van der Waals surface area contributed by atoms with E-state index in [4.69, 9.17) is 5.11 Å². The Kier molecular flexibility index (Phi) is 2.62. The monoisotopic (exact) mass is 185 g/mol. The highest BCUT2D eigenvalue weighted by molar-refractivity contribution is 5.29. The summed E-state index contributed by atoms with van der Waals surface area (Å²) in [5.74, 6) is 0.518. The van der Waals surface area contributed by atoms with Crippen molar-refractivity contribution < 1.29 is 10.0 Å². The van der Waals surface area contributed by atoms with Gasteiger partial charge in [-0.05, 0) is 11.8 Å². The molecule has 0 atom stereocenters. The number of nitro groups is 1. The van der Waals surface area contributed by atoms with Gasteiger partial charge >= 0.3 is 5.82 Å². The summed E-state index contributed by atoms with van der Waals surface area (Å²) in [4.78, 5) is 14.1. The second-order valence-corrected chi connectivity index (χ2v) is 2.70. The van der Waals surface area contributed by atoms with E-state index < -0.39 is 4.92 Å². The quantitative estimate of drug-likeness (QED) is 0.546. The minimum atomic E-state index is -0.481. The average Bonchev–Trinajstić information content (AvgIpc) is 2.27. The lowest BCUT2D eigenvalue weighted by atomic mass is 10.5. The van der Waals surface area contributed by atoms with Gasteiger partial charge in [-0.15, -0.1) is 0 Å². The minimum absolute atomic E-state index is 0.0356. The standard InChI is InChI=1S/C7H11N3O3/c1-5-7(10(12)13)9(3-4-11)6(2)8-5/h11H,3-4H2,1-2H3. The number of imidazole rings is 1. The Bertz CT molecular complexity index is 332. The Morgan fingerprint density at radius 2 is 2.23 bits per heavy atom. The second kappa shape index (κ2) is 3.53. The number of aliphatic hydroxyl groups excluding tert-OH is 1. The lowest BCUT2D eigenvalue weighted by Crippen LogP contribution is -2.08. The van der Waals surface area contributed by atoms with E-state index in [9.17, 15) is 10.1 Å². The lowest BCUT2D eigenvalue weighted by Gasteiger charge is -1.99. The van der Waals surface area contributed by atoms with E-state index in [0.717, 1.165) is 0 Å². The summed E-state index contributed by atoms with van der Waals surface area (Å²) in [6, 6.07) is 0. The van der Waals surface area contributed by atoms with Crippen molar-refractivity contribution in [2.45, 2.75) is 20.4 Å². The molecule has 0 unspecified atom stereocenters. The second-order valence-electron chi connectivity index (χ2n) is 2.70. The summed E-state index contributed by atoms with van der Waals surface area (Å²) in [5.41, 5.74) is 0.385. The molecule has 6 heteroatoms. The molecule has 1 rings (SSSR count). The van der Waals surface area contributed by atoms with Gasteiger partial charge in [0.25, 0.3) is 0 Å². The molecule has 0 aliphatic heterocycles. The zero-order chi connectivity index (χ0) is 10.0. The van der Waals surface area contributed by atoms with Gasteiger partial charge in [0.15, 0.2) is 5.82 Å². The maximum Gasteiger partial charge on any atom is 0.345 e. The normalized spacial score (nSPS) is 10.4. The van der Waals surface area contributed by atoms with Crippen LogP contribution in [0.1, 0.15) is 11.5 Å². The van der Waals surface area contributed by atoms with Crippen molar-refractivity contribution in [3.05, 3.63) is 21.6 Å². The molecule has 0 aromatic carbocycles. The van der Waals surface area contributed by atoms with Crippen molar-refractivity contribution >= 4 is 5.82 Å². The average molecular weight is 185 g/mol. The van der Waals surface area contributed by atoms with E-state index in [0.29, 0.717) is 11.5 Å². The van der Waals surface area contributed by atoms with E-state index in [1.54, 1.807) is 13.8 Å². The van der Waals surface area contributed by atoms with Crippen molar-refractivity contribution in [2.75, 3.05) is 6.61 Å². The maximum atomic E-state index is 10.6. The van der Waals surface area contributed by atoms with Crippen molar-refractivity contribution in [1.29, 1.82) is 0 Å². The van der Waals surface area contributed by atoms with Crippen LogP contribution in [0.2, 0.25) is 0 Å². The molecule has 1 aromatic heterocycles. The van der Waals surface area contributed by atoms with Gasteiger partial charge in [-0.25, -0.2) is 9.55 Å². The number of hydrogen-bond acceptors (Lipinski definition) is 4. The zero-order valence-electron chi connectivity index (χ0n) is 7.52. The van der Waals surface area contributed by atoms with Crippen LogP contribution >= 0.6 is 0 Å². The summed E-state index contributed by atoms with van der Waals surface area (Å²) in [7, 11) is 0. The maximum absolute atomic E-state index is 10.6. The number of nitrogens with zero attached hydrogens (tertiary/aromatic N) is 3. The molecule has 0 saturated carbocycles. The van der Waals surface area contributed by atoms with Crippen LogP contribution < -0.4 is 0 Å². The number of aromatic nitrogens is 2. The fraction of sp³-hybridized carbons (Fsp3) is 0.571. The molecule has 0 bridgehead atoms. The lowest BCUT2D eigenvalue weighted by molar-refractivity contribution is -0.392. The fourth-order valence-corrected chi connectivity index (χ4v) is 1.30. The van der Waals surface area contributed by atoms with Gasteiger partial charge in [-0.2, -0.15) is 0 Å². The van der Waals surface area contributed by atoms with Gasteiger partial charge in [0, 0.05) is 6.92 Å². The molecule has 13 heavy (non-hydrogen) atoms. The molecule has 1 aromatic rings. The van der Waals surface area contributed by atoms with Crippen LogP contribution in [0.4, 0.5) is 5.82 Å². The van der Waals surface area contributed by atoms with Crippen LogP contribution in [-0.2, 0) is 6.54 Å². The van der Waals surface area contributed by atoms with Crippen molar-refractivity contribution in [2.24, 2.45) is 0 Å². The van der Waals surface area contributed by atoms with Crippen molar-refractivity contribution in [1.82, 2.24) is 9.55 Å². The smallest absolute Gasteiger partial charge is 0.345 e. The van der Waals surface area contributed by atoms with Crippen LogP contribution in [0.25, 0.3) is 0 Å². The summed E-state index contributed by atoms with van der Waals surface area (Å²) >= 11 is 0. The van der Waals surface area contributed by atoms with Gasteiger partial charge in [0.2, 0.25) is 0 Å². The Hall–Kier alpha value is -1.43. The van der Waals surface area contributed by atoms with Gasteiger partial charge < -0.3 is 15.2 Å². The highest BCUT2D eigenvalue weighted by Gasteiger charge is 2.21. The van der Waals surface area contributed by atoms with Crippen molar-refractivity contribution in [3.8, 4) is 0 Å². The summed E-state index contributed by atoms with van der Waals surface area (Å²) < 4.78 is 1.40. The Labute approximate surface area is 75.0 Å². The molecule has 1 heterocycles. The van der Waals surface area contributed by atoms with Gasteiger partial charge in [0.05, 0.1) is 6.61 Å². The van der Waals surface area contributed by atoms with E-state index in [1.165, 1.54) is 4.57 Å². The first-order chi connectivity index (χ1) is 6.07. The van der Waals surface area contributed by atoms with E-state index in [-0.39, 0.29) is 19.0 Å². The summed E-state index contributed by atoms with van der Waals surface area (Å²) in [5, 5.41) is 19.3. The molecule has 0 amide bonds. The summed E-state index contributed by atoms with van der Waals surface area (Å²) in [6.45, 7) is 3.34. The van der Waals surface area contributed by atoms with Gasteiger partial charge in [0.1, 0.15) is 12.2 Å². The topological polar surface area (TPSA) is 81.2 Å². The molecular weight excluding hydrogens is 174 g/mol. The van der Waals surface area contributed by atoms with Crippen LogP contribution in [0.5, 0.6) is 0 Å². The van der Waals surface area contributed by atoms with Crippen LogP contribution in [0.15, 0.2) is 0 Å². The van der Waals surface area contributed by atoms with Crippen LogP contribution in [-0.4, -0.2) is 26.2 Å². The number of aliphatic hydroxyl groups is 1. The largest absolute Gasteiger partial charge is 0.392 e. The van der Waals surface area contributed by atoms with Gasteiger partial charge in [-0.1, -0.05) is 0 Å². The third kappa shape index (κ3) is 1.67.